The molecule has 7 heteroatoms. The first-order valence-corrected chi connectivity index (χ1v) is 9.94. The summed E-state index contributed by atoms with van der Waals surface area (Å²) in [6.45, 7) is 0.0994. The number of benzene rings is 1. The van der Waals surface area contributed by atoms with Crippen molar-refractivity contribution in [1.29, 1.82) is 0 Å². The minimum Gasteiger partial charge on any atom is -0.490 e. The SMILES string of the molecule is CSC1CCC(NS(=O)(=O)CCOc2ccccc2N)C1. The normalized spacial score (nSPS) is 22.3. The van der Waals surface area contributed by atoms with Crippen LogP contribution in [-0.4, -0.2) is 38.3 Å². The molecule has 0 aromatic heterocycles. The molecule has 0 amide bonds. The lowest BCUT2D eigenvalue weighted by Crippen LogP contribution is -2.36. The molecule has 1 saturated carbocycles. The molecule has 1 aliphatic rings. The van der Waals surface area contributed by atoms with E-state index in [4.69, 9.17) is 10.5 Å². The van der Waals surface area contributed by atoms with Crippen LogP contribution in [0.2, 0.25) is 0 Å². The summed E-state index contributed by atoms with van der Waals surface area (Å²) in [5, 5.41) is 0.568. The number of para-hydroxylation sites is 2. The summed E-state index contributed by atoms with van der Waals surface area (Å²) in [5.41, 5.74) is 6.26. The number of thioether (sulfide) groups is 1. The van der Waals surface area contributed by atoms with Crippen LogP contribution in [0, 0.1) is 0 Å². The summed E-state index contributed by atoms with van der Waals surface area (Å²) in [5.74, 6) is 0.470. The minimum atomic E-state index is -3.30. The molecule has 2 unspecified atom stereocenters. The summed E-state index contributed by atoms with van der Waals surface area (Å²) in [6, 6.07) is 7.13. The molecule has 1 aliphatic carbocycles. The Morgan fingerprint density at radius 1 is 1.38 bits per heavy atom. The third-order valence-electron chi connectivity index (χ3n) is 3.59. The Morgan fingerprint density at radius 2 is 2.14 bits per heavy atom. The number of sulfonamides is 1. The van der Waals surface area contributed by atoms with Crippen LogP contribution in [0.5, 0.6) is 5.75 Å². The summed E-state index contributed by atoms with van der Waals surface area (Å²) in [4.78, 5) is 0. The Hall–Kier alpha value is -0.920. The second-order valence-electron chi connectivity index (χ2n) is 5.19. The standard InChI is InChI=1S/C14H22N2O3S2/c1-20-12-7-6-11(10-12)16-21(17,18)9-8-19-14-5-3-2-4-13(14)15/h2-5,11-12,16H,6-10,15H2,1H3. The number of rotatable bonds is 7. The fraction of sp³-hybridized carbons (Fsp3) is 0.571. The van der Waals surface area contributed by atoms with Gasteiger partial charge in [0.25, 0.3) is 0 Å². The molecule has 5 nitrogen and oxygen atoms in total. The zero-order chi connectivity index (χ0) is 15.3. The van der Waals surface area contributed by atoms with E-state index in [0.717, 1.165) is 19.3 Å². The van der Waals surface area contributed by atoms with Crippen LogP contribution < -0.4 is 15.2 Å². The van der Waals surface area contributed by atoms with Crippen LogP contribution in [0.25, 0.3) is 0 Å². The minimum absolute atomic E-state index is 0.0538. The van der Waals surface area contributed by atoms with E-state index >= 15 is 0 Å². The van der Waals surface area contributed by atoms with E-state index in [1.807, 2.05) is 6.07 Å². The average molecular weight is 330 g/mol. The van der Waals surface area contributed by atoms with Gasteiger partial charge in [-0.3, -0.25) is 0 Å². The number of nitrogens with one attached hydrogen (secondary N) is 1. The maximum absolute atomic E-state index is 12.0. The molecular formula is C14H22N2O3S2. The van der Waals surface area contributed by atoms with Gasteiger partial charge in [-0.25, -0.2) is 13.1 Å². The van der Waals surface area contributed by atoms with E-state index in [1.54, 1.807) is 30.0 Å². The Kier molecular flexibility index (Phi) is 5.78. The third-order valence-corrected chi connectivity index (χ3v) is 6.08. The van der Waals surface area contributed by atoms with Gasteiger partial charge < -0.3 is 10.5 Å². The Balaban J connectivity index is 1.78. The molecule has 0 saturated heterocycles. The lowest BCUT2D eigenvalue weighted by atomic mass is 10.3. The summed E-state index contributed by atoms with van der Waals surface area (Å²) < 4.78 is 32.3. The maximum Gasteiger partial charge on any atom is 0.215 e. The van der Waals surface area contributed by atoms with E-state index < -0.39 is 10.0 Å². The Morgan fingerprint density at radius 3 is 2.81 bits per heavy atom. The molecule has 1 fully saturated rings. The largest absolute Gasteiger partial charge is 0.490 e. The van der Waals surface area contributed by atoms with Crippen molar-refractivity contribution in [3.63, 3.8) is 0 Å². The number of nitrogen functional groups attached to an aromatic ring is 1. The molecule has 2 rings (SSSR count). The van der Waals surface area contributed by atoms with Crippen molar-refractivity contribution < 1.29 is 13.2 Å². The van der Waals surface area contributed by atoms with Crippen LogP contribution in [0.1, 0.15) is 19.3 Å². The van der Waals surface area contributed by atoms with Crippen molar-refractivity contribution in [2.75, 3.05) is 24.3 Å². The topological polar surface area (TPSA) is 81.4 Å². The van der Waals surface area contributed by atoms with Gasteiger partial charge >= 0.3 is 0 Å². The predicted molar refractivity (Wildman–Crippen MR) is 88.2 cm³/mol. The zero-order valence-electron chi connectivity index (χ0n) is 12.1. The molecule has 0 spiro atoms. The van der Waals surface area contributed by atoms with Gasteiger partial charge in [0.1, 0.15) is 12.4 Å². The molecular weight excluding hydrogens is 308 g/mol. The molecule has 0 aliphatic heterocycles. The molecule has 0 bridgehead atoms. The molecule has 0 radical (unpaired) electrons. The summed E-state index contributed by atoms with van der Waals surface area (Å²) in [7, 11) is -3.30. The molecule has 2 atom stereocenters. The van der Waals surface area contributed by atoms with Gasteiger partial charge in [0.2, 0.25) is 10.0 Å². The highest BCUT2D eigenvalue weighted by Gasteiger charge is 2.27. The molecule has 3 N–H and O–H groups in total. The van der Waals surface area contributed by atoms with Gasteiger partial charge in [0.15, 0.2) is 0 Å². The zero-order valence-corrected chi connectivity index (χ0v) is 13.8. The van der Waals surface area contributed by atoms with Crippen LogP contribution in [-0.2, 0) is 10.0 Å². The van der Waals surface area contributed by atoms with Crippen molar-refractivity contribution >= 4 is 27.5 Å². The van der Waals surface area contributed by atoms with Crippen molar-refractivity contribution in [3.8, 4) is 5.75 Å². The van der Waals surface area contributed by atoms with Crippen molar-refractivity contribution in [3.05, 3.63) is 24.3 Å². The number of hydrogen-bond acceptors (Lipinski definition) is 5. The second kappa shape index (κ2) is 7.38. The van der Waals surface area contributed by atoms with Crippen LogP contribution in [0.15, 0.2) is 24.3 Å². The summed E-state index contributed by atoms with van der Waals surface area (Å²) >= 11 is 1.81. The van der Waals surface area contributed by atoms with Crippen molar-refractivity contribution in [2.45, 2.75) is 30.6 Å². The number of ether oxygens (including phenoxy) is 1. The predicted octanol–water partition coefficient (Wildman–Crippen LogP) is 1.85. The van der Waals surface area contributed by atoms with Crippen LogP contribution in [0.3, 0.4) is 0 Å². The van der Waals surface area contributed by atoms with Crippen LogP contribution in [0.4, 0.5) is 5.69 Å². The third kappa shape index (κ3) is 5.09. The van der Waals surface area contributed by atoms with Crippen LogP contribution >= 0.6 is 11.8 Å². The summed E-state index contributed by atoms with van der Waals surface area (Å²) in [6.07, 6.45) is 4.97. The first-order chi connectivity index (χ1) is 10.00. The van der Waals surface area contributed by atoms with E-state index in [1.165, 1.54) is 0 Å². The Labute approximate surface area is 130 Å². The Bertz CT molecular complexity index is 563. The molecule has 21 heavy (non-hydrogen) atoms. The number of nitrogens with two attached hydrogens (primary N) is 1. The second-order valence-corrected chi connectivity index (χ2v) is 8.20. The molecule has 1 aromatic carbocycles. The molecule has 0 heterocycles. The van der Waals surface area contributed by atoms with E-state index in [0.29, 0.717) is 16.7 Å². The average Bonchev–Trinajstić information content (AvgIpc) is 2.87. The highest BCUT2D eigenvalue weighted by atomic mass is 32.2. The first-order valence-electron chi connectivity index (χ1n) is 7.00. The lowest BCUT2D eigenvalue weighted by Gasteiger charge is -2.14. The van der Waals surface area contributed by atoms with Crippen molar-refractivity contribution in [2.24, 2.45) is 0 Å². The van der Waals surface area contributed by atoms with Gasteiger partial charge in [0.05, 0.1) is 11.4 Å². The van der Waals surface area contributed by atoms with Gasteiger partial charge in [-0.15, -0.1) is 0 Å². The van der Waals surface area contributed by atoms with Gasteiger partial charge in [0, 0.05) is 11.3 Å². The highest BCUT2D eigenvalue weighted by Crippen LogP contribution is 2.28. The van der Waals surface area contributed by atoms with Gasteiger partial charge in [-0.1, -0.05) is 12.1 Å². The lowest BCUT2D eigenvalue weighted by molar-refractivity contribution is 0.342. The van der Waals surface area contributed by atoms with E-state index in [9.17, 15) is 8.42 Å². The first kappa shape index (κ1) is 16.5. The molecule has 118 valence electrons. The monoisotopic (exact) mass is 330 g/mol. The number of hydrogen-bond donors (Lipinski definition) is 2. The van der Waals surface area contributed by atoms with Gasteiger partial charge in [-0.05, 0) is 37.7 Å². The van der Waals surface area contributed by atoms with Gasteiger partial charge in [-0.2, -0.15) is 11.8 Å². The fourth-order valence-corrected chi connectivity index (χ4v) is 4.39. The fourth-order valence-electron chi connectivity index (χ4n) is 2.45. The van der Waals surface area contributed by atoms with E-state index in [-0.39, 0.29) is 18.4 Å². The number of anilines is 1. The quantitative estimate of drug-likeness (QED) is 0.746. The maximum atomic E-state index is 12.0. The smallest absolute Gasteiger partial charge is 0.215 e. The molecule has 1 aromatic rings. The highest BCUT2D eigenvalue weighted by molar-refractivity contribution is 7.99. The van der Waals surface area contributed by atoms with Crippen molar-refractivity contribution in [1.82, 2.24) is 4.72 Å². The van der Waals surface area contributed by atoms with E-state index in [2.05, 4.69) is 11.0 Å².